The molecule has 0 unspecified atom stereocenters. The SMILES string of the molecule is CC(C)N(Cc1c2ccccc2c(Cl)c2ccccc12)C(=O)NC1CCCCC1. The average molecular weight is 409 g/mol. The average Bonchev–Trinajstić information content (AvgIpc) is 2.74. The molecule has 0 heterocycles. The molecule has 0 spiro atoms. The maximum atomic E-state index is 13.2. The number of amides is 2. The lowest BCUT2D eigenvalue weighted by Crippen LogP contribution is -2.47. The number of nitrogens with one attached hydrogen (secondary N) is 1. The van der Waals surface area contributed by atoms with Gasteiger partial charge in [-0.3, -0.25) is 0 Å². The molecular weight excluding hydrogens is 380 g/mol. The highest BCUT2D eigenvalue weighted by atomic mass is 35.5. The molecule has 0 saturated heterocycles. The van der Waals surface area contributed by atoms with Crippen LogP contribution in [0.5, 0.6) is 0 Å². The highest BCUT2D eigenvalue weighted by molar-refractivity contribution is 6.41. The third-order valence-electron chi connectivity index (χ3n) is 6.12. The second kappa shape index (κ2) is 8.62. The van der Waals surface area contributed by atoms with E-state index in [2.05, 4.69) is 43.4 Å². The van der Waals surface area contributed by atoms with Crippen LogP contribution >= 0.6 is 11.6 Å². The molecule has 3 aromatic rings. The Hall–Kier alpha value is -2.26. The van der Waals surface area contributed by atoms with Gasteiger partial charge in [0.05, 0.1) is 5.02 Å². The van der Waals surface area contributed by atoms with Crippen molar-refractivity contribution in [2.75, 3.05) is 0 Å². The van der Waals surface area contributed by atoms with Crippen LogP contribution in [-0.2, 0) is 6.54 Å². The monoisotopic (exact) mass is 408 g/mol. The number of carbonyl (C=O) groups is 1. The summed E-state index contributed by atoms with van der Waals surface area (Å²) in [7, 11) is 0. The number of benzene rings is 3. The first kappa shape index (κ1) is 20.0. The van der Waals surface area contributed by atoms with E-state index in [0.29, 0.717) is 12.6 Å². The molecule has 0 aromatic heterocycles. The molecule has 152 valence electrons. The molecule has 1 aliphatic rings. The van der Waals surface area contributed by atoms with Crippen molar-refractivity contribution in [2.24, 2.45) is 0 Å². The lowest BCUT2D eigenvalue weighted by molar-refractivity contribution is 0.173. The van der Waals surface area contributed by atoms with Gasteiger partial charge in [0.2, 0.25) is 0 Å². The van der Waals surface area contributed by atoms with Crippen molar-refractivity contribution in [2.45, 2.75) is 64.6 Å². The van der Waals surface area contributed by atoms with Crippen molar-refractivity contribution in [1.82, 2.24) is 10.2 Å². The molecule has 3 aromatic carbocycles. The van der Waals surface area contributed by atoms with Gasteiger partial charge >= 0.3 is 6.03 Å². The topological polar surface area (TPSA) is 32.3 Å². The predicted molar refractivity (Wildman–Crippen MR) is 123 cm³/mol. The molecule has 1 aliphatic carbocycles. The maximum absolute atomic E-state index is 13.2. The van der Waals surface area contributed by atoms with Crippen molar-refractivity contribution < 1.29 is 4.79 Å². The Bertz CT molecular complexity index is 967. The third kappa shape index (κ3) is 4.06. The van der Waals surface area contributed by atoms with E-state index in [0.717, 1.165) is 45.0 Å². The van der Waals surface area contributed by atoms with Gasteiger partial charge in [0, 0.05) is 29.4 Å². The van der Waals surface area contributed by atoms with Crippen molar-refractivity contribution in [3.05, 3.63) is 59.1 Å². The van der Waals surface area contributed by atoms with E-state index in [-0.39, 0.29) is 12.1 Å². The summed E-state index contributed by atoms with van der Waals surface area (Å²) in [6.45, 7) is 4.73. The Labute approximate surface area is 178 Å². The number of hydrogen-bond acceptors (Lipinski definition) is 1. The van der Waals surface area contributed by atoms with Gasteiger partial charge in [0.15, 0.2) is 0 Å². The van der Waals surface area contributed by atoms with Crippen LogP contribution in [0.2, 0.25) is 5.02 Å². The molecule has 3 nitrogen and oxygen atoms in total. The summed E-state index contributed by atoms with van der Waals surface area (Å²) in [4.78, 5) is 15.1. The fourth-order valence-corrected chi connectivity index (χ4v) is 4.83. The van der Waals surface area contributed by atoms with Crippen molar-refractivity contribution >= 4 is 39.2 Å². The number of carbonyl (C=O) groups excluding carboxylic acids is 1. The van der Waals surface area contributed by atoms with E-state index in [1.54, 1.807) is 0 Å². The van der Waals surface area contributed by atoms with Crippen LogP contribution in [-0.4, -0.2) is 23.0 Å². The summed E-state index contributed by atoms with van der Waals surface area (Å²) in [5.41, 5.74) is 1.16. The minimum atomic E-state index is 0.0370. The number of fused-ring (bicyclic) bond motifs is 2. The lowest BCUT2D eigenvalue weighted by Gasteiger charge is -2.31. The van der Waals surface area contributed by atoms with Crippen molar-refractivity contribution in [3.8, 4) is 0 Å². The van der Waals surface area contributed by atoms with Crippen LogP contribution in [0.1, 0.15) is 51.5 Å². The van der Waals surface area contributed by atoms with Gasteiger partial charge in [-0.1, -0.05) is 79.4 Å². The summed E-state index contributed by atoms with van der Waals surface area (Å²) < 4.78 is 0. The third-order valence-corrected chi connectivity index (χ3v) is 6.53. The molecule has 0 aliphatic heterocycles. The Morgan fingerprint density at radius 3 is 2.00 bits per heavy atom. The van der Waals surface area contributed by atoms with Gasteiger partial charge in [-0.2, -0.15) is 0 Å². The molecule has 4 heteroatoms. The minimum absolute atomic E-state index is 0.0370. The van der Waals surface area contributed by atoms with Crippen LogP contribution in [0.3, 0.4) is 0 Å². The predicted octanol–water partition coefficient (Wildman–Crippen LogP) is 6.90. The van der Waals surface area contributed by atoms with E-state index < -0.39 is 0 Å². The van der Waals surface area contributed by atoms with E-state index in [1.165, 1.54) is 19.3 Å². The van der Waals surface area contributed by atoms with Crippen molar-refractivity contribution in [1.29, 1.82) is 0 Å². The van der Waals surface area contributed by atoms with E-state index >= 15 is 0 Å². The fraction of sp³-hybridized carbons (Fsp3) is 0.400. The highest BCUT2D eigenvalue weighted by Crippen LogP contribution is 2.36. The second-order valence-corrected chi connectivity index (χ2v) is 8.77. The normalized spacial score (nSPS) is 15.2. The van der Waals surface area contributed by atoms with Gasteiger partial charge in [-0.25, -0.2) is 4.79 Å². The smallest absolute Gasteiger partial charge is 0.318 e. The number of hydrogen-bond donors (Lipinski definition) is 1. The maximum Gasteiger partial charge on any atom is 0.318 e. The Kier molecular flexibility index (Phi) is 5.96. The zero-order valence-corrected chi connectivity index (χ0v) is 18.0. The first-order valence-corrected chi connectivity index (χ1v) is 11.1. The standard InChI is InChI=1S/C25H29ClN2O/c1-17(2)28(25(29)27-18-10-4-3-5-11-18)16-23-19-12-6-8-14-21(19)24(26)22-15-9-7-13-20(22)23/h6-9,12-15,17-18H,3-5,10-11,16H2,1-2H3,(H,27,29). The van der Waals surface area contributed by atoms with E-state index in [4.69, 9.17) is 11.6 Å². The van der Waals surface area contributed by atoms with Crippen LogP contribution in [0.4, 0.5) is 4.79 Å². The number of halogens is 1. The summed E-state index contributed by atoms with van der Waals surface area (Å²) in [6.07, 6.45) is 5.87. The fourth-order valence-electron chi connectivity index (χ4n) is 4.50. The van der Waals surface area contributed by atoms with Crippen LogP contribution in [0, 0.1) is 0 Å². The summed E-state index contributed by atoms with van der Waals surface area (Å²) in [6, 6.07) is 16.9. The second-order valence-electron chi connectivity index (χ2n) is 8.39. The molecule has 0 bridgehead atoms. The first-order chi connectivity index (χ1) is 14.1. The van der Waals surface area contributed by atoms with E-state index in [9.17, 15) is 4.79 Å². The molecule has 2 amide bonds. The number of nitrogens with zero attached hydrogens (tertiary/aromatic N) is 1. The summed E-state index contributed by atoms with van der Waals surface area (Å²) >= 11 is 6.74. The Morgan fingerprint density at radius 2 is 1.48 bits per heavy atom. The van der Waals surface area contributed by atoms with Crippen LogP contribution in [0.15, 0.2) is 48.5 Å². The molecule has 0 atom stereocenters. The molecule has 1 N–H and O–H groups in total. The van der Waals surface area contributed by atoms with Gasteiger partial charge in [0.25, 0.3) is 0 Å². The van der Waals surface area contributed by atoms with Gasteiger partial charge < -0.3 is 10.2 Å². The molecule has 4 rings (SSSR count). The molecule has 1 saturated carbocycles. The lowest BCUT2D eigenvalue weighted by atomic mass is 9.95. The Balaban J connectivity index is 1.73. The van der Waals surface area contributed by atoms with Crippen LogP contribution in [0.25, 0.3) is 21.5 Å². The number of urea groups is 1. The summed E-state index contributed by atoms with van der Waals surface area (Å²) in [5.74, 6) is 0. The van der Waals surface area contributed by atoms with E-state index in [1.807, 2.05) is 29.2 Å². The van der Waals surface area contributed by atoms with Gasteiger partial charge in [-0.05, 0) is 43.0 Å². The number of rotatable bonds is 4. The summed E-state index contributed by atoms with van der Waals surface area (Å²) in [5, 5.41) is 8.39. The highest BCUT2D eigenvalue weighted by Gasteiger charge is 2.24. The van der Waals surface area contributed by atoms with Gasteiger partial charge in [-0.15, -0.1) is 0 Å². The van der Waals surface area contributed by atoms with Crippen molar-refractivity contribution in [3.63, 3.8) is 0 Å². The van der Waals surface area contributed by atoms with Gasteiger partial charge in [0.1, 0.15) is 0 Å². The Morgan fingerprint density at radius 1 is 0.966 bits per heavy atom. The van der Waals surface area contributed by atoms with Crippen LogP contribution < -0.4 is 5.32 Å². The minimum Gasteiger partial charge on any atom is -0.335 e. The zero-order valence-electron chi connectivity index (χ0n) is 17.2. The quantitative estimate of drug-likeness (QED) is 0.468. The molecule has 1 fully saturated rings. The molecular formula is C25H29ClN2O. The zero-order chi connectivity index (χ0) is 20.4. The largest absolute Gasteiger partial charge is 0.335 e. The molecule has 29 heavy (non-hydrogen) atoms. The first-order valence-electron chi connectivity index (χ1n) is 10.7. The molecule has 0 radical (unpaired) electrons.